The van der Waals surface area contributed by atoms with Crippen molar-refractivity contribution in [3.05, 3.63) is 77.9 Å². The van der Waals surface area contributed by atoms with Gasteiger partial charge in [-0.15, -0.1) is 0 Å². The van der Waals surface area contributed by atoms with Crippen molar-refractivity contribution in [3.8, 4) is 5.75 Å². The maximum atomic E-state index is 13.3. The number of hydrogen-bond donors (Lipinski definition) is 2. The molecule has 5 aromatic rings. The molecule has 3 fully saturated rings. The summed E-state index contributed by atoms with van der Waals surface area (Å²) in [5, 5.41) is 15.2. The Labute approximate surface area is 309 Å². The third kappa shape index (κ3) is 5.64. The first-order chi connectivity index (χ1) is 26.2. The Balaban J connectivity index is 0.810. The average molecular weight is 731 g/mol. The van der Waals surface area contributed by atoms with Crippen LogP contribution in [0.4, 0.5) is 11.4 Å². The first kappa shape index (κ1) is 33.7. The predicted molar refractivity (Wildman–Crippen MR) is 195 cm³/mol. The number of benzene rings is 2. The summed E-state index contributed by atoms with van der Waals surface area (Å²) < 4.78 is 9.23. The molecule has 16 nitrogen and oxygen atoms in total. The number of piperidine rings is 1. The maximum Gasteiger partial charge on any atom is 0.262 e. The first-order valence-electron chi connectivity index (χ1n) is 18.2. The zero-order valence-electron chi connectivity index (χ0n) is 29.8. The molecule has 1 aliphatic carbocycles. The smallest absolute Gasteiger partial charge is 0.262 e. The summed E-state index contributed by atoms with van der Waals surface area (Å²) in [6, 6.07) is 10.8. The average Bonchev–Trinajstić information content (AvgIpc) is 3.85. The summed E-state index contributed by atoms with van der Waals surface area (Å²) in [7, 11) is 3.75. The fraction of sp³-hybridized carbons (Fsp3) is 0.368. The van der Waals surface area contributed by atoms with E-state index in [0.717, 1.165) is 60.3 Å². The van der Waals surface area contributed by atoms with Crippen LogP contribution in [0.5, 0.6) is 5.75 Å². The molecular weight excluding hydrogens is 692 g/mol. The summed E-state index contributed by atoms with van der Waals surface area (Å²) in [5.74, 6) is -1.82. The molecule has 1 atom stereocenters. The van der Waals surface area contributed by atoms with Gasteiger partial charge in [-0.3, -0.25) is 43.8 Å². The minimum absolute atomic E-state index is 0.0868. The lowest BCUT2D eigenvalue weighted by Crippen LogP contribution is -2.61. The number of imide groups is 2. The van der Waals surface area contributed by atoms with Gasteiger partial charge in [-0.25, -0.2) is 9.50 Å². The van der Waals surface area contributed by atoms with Crippen molar-refractivity contribution in [2.45, 2.75) is 62.7 Å². The van der Waals surface area contributed by atoms with Crippen molar-refractivity contribution < 1.29 is 28.7 Å². The molecule has 3 aliphatic heterocycles. The van der Waals surface area contributed by atoms with Crippen LogP contribution in [0.25, 0.3) is 16.6 Å². The highest BCUT2D eigenvalue weighted by molar-refractivity contribution is 6.23. The number of carbonyl (C=O) groups is 5. The fourth-order valence-corrected chi connectivity index (χ4v) is 8.31. The van der Waals surface area contributed by atoms with Crippen LogP contribution in [0.1, 0.15) is 75.6 Å². The van der Waals surface area contributed by atoms with Crippen molar-refractivity contribution >= 4 is 57.5 Å². The minimum atomic E-state index is -0.979. The van der Waals surface area contributed by atoms with E-state index in [0.29, 0.717) is 40.3 Å². The number of aromatic nitrogens is 5. The quantitative estimate of drug-likeness (QED) is 0.225. The van der Waals surface area contributed by atoms with Gasteiger partial charge >= 0.3 is 0 Å². The molecule has 1 saturated carbocycles. The Kier molecular flexibility index (Phi) is 8.14. The van der Waals surface area contributed by atoms with E-state index in [1.54, 1.807) is 42.2 Å². The van der Waals surface area contributed by atoms with Crippen LogP contribution < -0.4 is 20.3 Å². The number of nitrogens with one attached hydrogen (secondary N) is 2. The Morgan fingerprint density at radius 3 is 2.56 bits per heavy atom. The summed E-state index contributed by atoms with van der Waals surface area (Å²) in [6.07, 6.45) is 11.1. The normalized spacial score (nSPS) is 21.9. The van der Waals surface area contributed by atoms with Gasteiger partial charge in [0.1, 0.15) is 17.4 Å². The largest absolute Gasteiger partial charge is 0.494 e. The third-order valence-corrected chi connectivity index (χ3v) is 11.5. The second-order valence-corrected chi connectivity index (χ2v) is 14.5. The monoisotopic (exact) mass is 730 g/mol. The molecule has 6 heterocycles. The number of methoxy groups -OCH3 is 1. The van der Waals surface area contributed by atoms with Crippen LogP contribution in [-0.2, 0) is 9.59 Å². The lowest BCUT2D eigenvalue weighted by Gasteiger charge is -2.49. The van der Waals surface area contributed by atoms with Crippen molar-refractivity contribution in [3.63, 3.8) is 0 Å². The molecule has 0 radical (unpaired) electrons. The highest BCUT2D eigenvalue weighted by atomic mass is 16.5. The van der Waals surface area contributed by atoms with Crippen LogP contribution in [0.2, 0.25) is 0 Å². The van der Waals surface area contributed by atoms with E-state index in [1.165, 1.54) is 6.20 Å². The number of fused-ring (bicyclic) bond motifs is 3. The van der Waals surface area contributed by atoms with Crippen molar-refractivity contribution in [1.82, 2.24) is 39.5 Å². The van der Waals surface area contributed by atoms with Crippen molar-refractivity contribution in [2.24, 2.45) is 0 Å². The van der Waals surface area contributed by atoms with E-state index in [2.05, 4.69) is 37.6 Å². The van der Waals surface area contributed by atoms with Gasteiger partial charge in [0.05, 0.1) is 41.7 Å². The first-order valence-corrected chi connectivity index (χ1v) is 18.2. The molecule has 276 valence electrons. The number of likely N-dealkylation sites (N-methyl/N-ethyl adjacent to an activating group) is 1. The molecule has 0 bridgehead atoms. The van der Waals surface area contributed by atoms with Crippen LogP contribution in [0.3, 0.4) is 0 Å². The fourth-order valence-electron chi connectivity index (χ4n) is 8.31. The molecule has 1 unspecified atom stereocenters. The number of anilines is 2. The molecule has 2 aromatic carbocycles. The maximum absolute atomic E-state index is 13.3. The number of nitrogens with zero attached hydrogens (tertiary/aromatic N) is 8. The van der Waals surface area contributed by atoms with Crippen molar-refractivity contribution in [1.29, 1.82) is 0 Å². The lowest BCUT2D eigenvalue weighted by molar-refractivity contribution is -0.136. The Bertz CT molecular complexity index is 2370. The van der Waals surface area contributed by atoms with Crippen LogP contribution in [0.15, 0.2) is 61.2 Å². The van der Waals surface area contributed by atoms with Crippen LogP contribution >= 0.6 is 0 Å². The third-order valence-electron chi connectivity index (χ3n) is 11.5. The molecule has 16 heteroatoms. The topological polar surface area (TPSA) is 176 Å². The summed E-state index contributed by atoms with van der Waals surface area (Å²) in [5.41, 5.74) is 3.61. The summed E-state index contributed by atoms with van der Waals surface area (Å²) in [6.45, 7) is 1.60. The highest BCUT2D eigenvalue weighted by Gasteiger charge is 2.45. The number of ether oxygens (including phenoxy) is 1. The van der Waals surface area contributed by atoms with E-state index in [1.807, 2.05) is 29.1 Å². The molecule has 9 rings (SSSR count). The van der Waals surface area contributed by atoms with Gasteiger partial charge in [-0.05, 0) is 69.5 Å². The van der Waals surface area contributed by atoms with Gasteiger partial charge in [0.2, 0.25) is 11.8 Å². The molecule has 54 heavy (non-hydrogen) atoms. The van der Waals surface area contributed by atoms with Gasteiger partial charge in [0.25, 0.3) is 17.7 Å². The molecule has 2 saturated heterocycles. The molecule has 4 aliphatic rings. The molecule has 0 spiro atoms. The van der Waals surface area contributed by atoms with Gasteiger partial charge in [-0.1, -0.05) is 0 Å². The molecule has 3 aromatic heterocycles. The molecule has 2 N–H and O–H groups in total. The summed E-state index contributed by atoms with van der Waals surface area (Å²) in [4.78, 5) is 73.6. The SMILES string of the molecule is COc1cc2nn(C3CCC(N(C)C4CN(c5ccc6c(c5)C(=O)N(C5CCC(=O)NC5=O)C6=O)C4)CC3)cc2cc1NC(=O)c1cnn2cccnc12. The molecular formula is C38H38N10O6. The van der Waals surface area contributed by atoms with E-state index in [4.69, 9.17) is 9.84 Å². The Morgan fingerprint density at radius 1 is 0.981 bits per heavy atom. The number of rotatable bonds is 8. The van der Waals surface area contributed by atoms with E-state index >= 15 is 0 Å². The highest BCUT2D eigenvalue weighted by Crippen LogP contribution is 2.37. The van der Waals surface area contributed by atoms with Crippen LogP contribution in [-0.4, -0.2) is 109 Å². The standard InChI is InChI=1S/C38H38N10O6/c1-44(25-19-45(20-25)24-8-9-26-27(15-24)38(53)48(37(26)52)31-10-11-33(49)42-36(31)51)22-4-6-23(7-5-22)47-18-21-14-30(32(54-2)16-29(21)43-47)41-35(50)28-17-40-46-13-3-12-39-34(28)46/h3,8-9,12-18,22-23,25,31H,4-7,10-11,19-20H2,1-2H3,(H,41,50)(H,42,49,51). The summed E-state index contributed by atoms with van der Waals surface area (Å²) >= 11 is 0. The van der Waals surface area contributed by atoms with Gasteiger partial charge in [0.15, 0.2) is 5.65 Å². The van der Waals surface area contributed by atoms with Crippen LogP contribution in [0, 0.1) is 0 Å². The van der Waals surface area contributed by atoms with Gasteiger partial charge in [0, 0.05) is 67.3 Å². The molecule has 5 amide bonds. The second kappa shape index (κ2) is 13.1. The zero-order chi connectivity index (χ0) is 37.2. The van der Waals surface area contributed by atoms with Gasteiger partial charge in [-0.2, -0.15) is 10.2 Å². The lowest BCUT2D eigenvalue weighted by atomic mass is 9.89. The minimum Gasteiger partial charge on any atom is -0.494 e. The predicted octanol–water partition coefficient (Wildman–Crippen LogP) is 3.05. The number of carbonyl (C=O) groups excluding carboxylic acids is 5. The Hall–Kier alpha value is -6.16. The van der Waals surface area contributed by atoms with E-state index in [9.17, 15) is 24.0 Å². The van der Waals surface area contributed by atoms with Gasteiger partial charge < -0.3 is 15.0 Å². The van der Waals surface area contributed by atoms with E-state index in [-0.39, 0.29) is 30.4 Å². The Morgan fingerprint density at radius 2 is 1.78 bits per heavy atom. The second-order valence-electron chi connectivity index (χ2n) is 14.5. The number of hydrogen-bond acceptors (Lipinski definition) is 11. The van der Waals surface area contributed by atoms with Crippen molar-refractivity contribution in [2.75, 3.05) is 37.5 Å². The van der Waals surface area contributed by atoms with E-state index < -0.39 is 29.7 Å². The number of amides is 5. The zero-order valence-corrected chi connectivity index (χ0v) is 29.8.